The topological polar surface area (TPSA) is 45.7 Å². The zero-order valence-corrected chi connectivity index (χ0v) is 14.1. The number of nitrogens with one attached hydrogen (secondary N) is 2. The van der Waals surface area contributed by atoms with Gasteiger partial charge in [0.1, 0.15) is 5.75 Å². The van der Waals surface area contributed by atoms with Gasteiger partial charge in [-0.25, -0.2) is 4.99 Å². The van der Waals surface area contributed by atoms with Gasteiger partial charge in [0, 0.05) is 13.1 Å². The maximum absolute atomic E-state index is 5.17. The first-order valence-electron chi connectivity index (χ1n) is 7.92. The quantitative estimate of drug-likeness (QED) is 0.636. The molecule has 0 atom stereocenters. The molecule has 0 spiro atoms. The second-order valence-corrected chi connectivity index (χ2v) is 5.32. The minimum atomic E-state index is 0.632. The Bertz CT molecular complexity index is 635. The normalized spacial score (nSPS) is 11.2. The number of ether oxygens (including phenoxy) is 1. The van der Waals surface area contributed by atoms with Gasteiger partial charge in [-0.15, -0.1) is 0 Å². The number of hydrogen-bond acceptors (Lipinski definition) is 2. The first-order valence-corrected chi connectivity index (χ1v) is 7.92. The number of methoxy groups -OCH3 is 1. The molecular formula is C19H25N3O. The summed E-state index contributed by atoms with van der Waals surface area (Å²) in [5.74, 6) is 1.69. The third kappa shape index (κ3) is 5.33. The van der Waals surface area contributed by atoms with Crippen molar-refractivity contribution in [2.45, 2.75) is 26.9 Å². The first-order chi connectivity index (χ1) is 11.2. The minimum Gasteiger partial charge on any atom is -0.497 e. The van der Waals surface area contributed by atoms with Crippen LogP contribution >= 0.6 is 0 Å². The molecule has 0 aromatic heterocycles. The van der Waals surface area contributed by atoms with Crippen LogP contribution < -0.4 is 15.4 Å². The van der Waals surface area contributed by atoms with E-state index in [1.165, 1.54) is 11.1 Å². The highest BCUT2D eigenvalue weighted by molar-refractivity contribution is 5.79. The zero-order chi connectivity index (χ0) is 16.5. The Kier molecular flexibility index (Phi) is 6.48. The molecule has 0 unspecified atom stereocenters. The number of aliphatic imine (C=N–C) groups is 1. The van der Waals surface area contributed by atoms with Crippen LogP contribution in [0.1, 0.15) is 23.6 Å². The SMILES string of the molecule is CCNC(=NCc1ccc(OC)cc1)NCc1ccccc1C. The number of hydrogen-bond donors (Lipinski definition) is 2. The minimum absolute atomic E-state index is 0.632. The average molecular weight is 311 g/mol. The number of guanidine groups is 1. The summed E-state index contributed by atoms with van der Waals surface area (Å²) in [6.07, 6.45) is 0. The zero-order valence-electron chi connectivity index (χ0n) is 14.1. The molecule has 0 radical (unpaired) electrons. The molecule has 2 aromatic carbocycles. The summed E-state index contributed by atoms with van der Waals surface area (Å²) in [7, 11) is 1.67. The predicted octanol–water partition coefficient (Wildman–Crippen LogP) is 3.26. The van der Waals surface area contributed by atoms with Gasteiger partial charge in [-0.3, -0.25) is 0 Å². The highest BCUT2D eigenvalue weighted by Gasteiger charge is 2.01. The number of aryl methyl sites for hydroxylation is 1. The van der Waals surface area contributed by atoms with E-state index in [2.05, 4.69) is 53.7 Å². The van der Waals surface area contributed by atoms with Crippen molar-refractivity contribution in [1.82, 2.24) is 10.6 Å². The Morgan fingerprint density at radius 3 is 2.43 bits per heavy atom. The standard InChI is InChI=1S/C19H25N3O/c1-4-20-19(22-14-17-8-6-5-7-15(17)2)21-13-16-9-11-18(23-3)12-10-16/h5-12H,4,13-14H2,1-3H3,(H2,20,21,22). The third-order valence-corrected chi connectivity index (χ3v) is 3.63. The number of nitrogens with zero attached hydrogens (tertiary/aromatic N) is 1. The van der Waals surface area contributed by atoms with E-state index >= 15 is 0 Å². The van der Waals surface area contributed by atoms with Crippen molar-refractivity contribution >= 4 is 5.96 Å². The van der Waals surface area contributed by atoms with Gasteiger partial charge >= 0.3 is 0 Å². The smallest absolute Gasteiger partial charge is 0.191 e. The predicted molar refractivity (Wildman–Crippen MR) is 95.8 cm³/mol. The van der Waals surface area contributed by atoms with Crippen LogP contribution in [0.25, 0.3) is 0 Å². The largest absolute Gasteiger partial charge is 0.497 e. The van der Waals surface area contributed by atoms with Crippen LogP contribution in [-0.4, -0.2) is 19.6 Å². The van der Waals surface area contributed by atoms with Gasteiger partial charge in [0.2, 0.25) is 0 Å². The molecule has 0 heterocycles. The summed E-state index contributed by atoms with van der Waals surface area (Å²) < 4.78 is 5.17. The number of rotatable bonds is 6. The summed E-state index contributed by atoms with van der Waals surface area (Å²) in [5.41, 5.74) is 3.72. The third-order valence-electron chi connectivity index (χ3n) is 3.63. The maximum Gasteiger partial charge on any atom is 0.191 e. The second-order valence-electron chi connectivity index (χ2n) is 5.32. The van der Waals surface area contributed by atoms with E-state index in [9.17, 15) is 0 Å². The monoisotopic (exact) mass is 311 g/mol. The van der Waals surface area contributed by atoms with Crippen LogP contribution in [0.5, 0.6) is 5.75 Å². The van der Waals surface area contributed by atoms with E-state index in [1.54, 1.807) is 7.11 Å². The van der Waals surface area contributed by atoms with Crippen LogP contribution in [0.4, 0.5) is 0 Å². The molecule has 122 valence electrons. The molecule has 0 aliphatic carbocycles. The Balaban J connectivity index is 1.97. The number of benzene rings is 2. The molecule has 0 saturated heterocycles. The van der Waals surface area contributed by atoms with Gasteiger partial charge in [-0.1, -0.05) is 36.4 Å². The molecule has 0 amide bonds. The lowest BCUT2D eigenvalue weighted by atomic mass is 10.1. The van der Waals surface area contributed by atoms with E-state index < -0.39 is 0 Å². The molecule has 23 heavy (non-hydrogen) atoms. The van der Waals surface area contributed by atoms with Crippen LogP contribution in [0.2, 0.25) is 0 Å². The van der Waals surface area contributed by atoms with Crippen molar-refractivity contribution in [3.8, 4) is 5.75 Å². The van der Waals surface area contributed by atoms with Crippen LogP contribution in [0.15, 0.2) is 53.5 Å². The van der Waals surface area contributed by atoms with Crippen molar-refractivity contribution in [1.29, 1.82) is 0 Å². The molecular weight excluding hydrogens is 286 g/mol. The molecule has 0 aliphatic heterocycles. The van der Waals surface area contributed by atoms with E-state index in [-0.39, 0.29) is 0 Å². The van der Waals surface area contributed by atoms with Gasteiger partial charge < -0.3 is 15.4 Å². The lowest BCUT2D eigenvalue weighted by Gasteiger charge is -2.12. The lowest BCUT2D eigenvalue weighted by Crippen LogP contribution is -2.36. The van der Waals surface area contributed by atoms with Crippen LogP contribution in [0.3, 0.4) is 0 Å². The molecule has 0 aliphatic rings. The summed E-state index contributed by atoms with van der Waals surface area (Å²) >= 11 is 0. The lowest BCUT2D eigenvalue weighted by molar-refractivity contribution is 0.414. The Hall–Kier alpha value is -2.49. The molecule has 4 heteroatoms. The Morgan fingerprint density at radius 1 is 1.04 bits per heavy atom. The highest BCUT2D eigenvalue weighted by Crippen LogP contribution is 2.12. The summed E-state index contributed by atoms with van der Waals surface area (Å²) in [6.45, 7) is 6.42. The molecule has 2 aromatic rings. The fraction of sp³-hybridized carbons (Fsp3) is 0.316. The van der Waals surface area contributed by atoms with Crippen LogP contribution in [0, 0.1) is 6.92 Å². The van der Waals surface area contributed by atoms with Crippen molar-refractivity contribution in [2.24, 2.45) is 4.99 Å². The van der Waals surface area contributed by atoms with Gasteiger partial charge in [0.05, 0.1) is 13.7 Å². The van der Waals surface area contributed by atoms with E-state index in [0.717, 1.165) is 30.4 Å². The highest BCUT2D eigenvalue weighted by atomic mass is 16.5. The van der Waals surface area contributed by atoms with Gasteiger partial charge in [-0.2, -0.15) is 0 Å². The fourth-order valence-corrected chi connectivity index (χ4v) is 2.23. The fourth-order valence-electron chi connectivity index (χ4n) is 2.23. The van der Waals surface area contributed by atoms with Gasteiger partial charge in [0.15, 0.2) is 5.96 Å². The molecule has 0 saturated carbocycles. The first kappa shape index (κ1) is 16.9. The van der Waals surface area contributed by atoms with Gasteiger partial charge in [0.25, 0.3) is 0 Å². The van der Waals surface area contributed by atoms with Crippen LogP contribution in [-0.2, 0) is 13.1 Å². The summed E-state index contributed by atoms with van der Waals surface area (Å²) in [6, 6.07) is 16.4. The van der Waals surface area contributed by atoms with Crippen molar-refractivity contribution in [3.05, 3.63) is 65.2 Å². The average Bonchev–Trinajstić information content (AvgIpc) is 2.59. The Morgan fingerprint density at radius 2 is 1.78 bits per heavy atom. The molecule has 2 N–H and O–H groups in total. The molecule has 4 nitrogen and oxygen atoms in total. The van der Waals surface area contributed by atoms with E-state index in [0.29, 0.717) is 6.54 Å². The van der Waals surface area contributed by atoms with Crippen molar-refractivity contribution < 1.29 is 4.74 Å². The molecule has 2 rings (SSSR count). The summed E-state index contributed by atoms with van der Waals surface area (Å²) in [4.78, 5) is 4.64. The van der Waals surface area contributed by atoms with E-state index in [1.807, 2.05) is 24.3 Å². The van der Waals surface area contributed by atoms with Crippen molar-refractivity contribution in [2.75, 3.05) is 13.7 Å². The molecule has 0 bridgehead atoms. The van der Waals surface area contributed by atoms with E-state index in [4.69, 9.17) is 4.74 Å². The second kappa shape index (κ2) is 8.83. The van der Waals surface area contributed by atoms with Gasteiger partial charge in [-0.05, 0) is 42.7 Å². The maximum atomic E-state index is 5.17. The summed E-state index contributed by atoms with van der Waals surface area (Å²) in [5, 5.41) is 6.66. The van der Waals surface area contributed by atoms with Crippen molar-refractivity contribution in [3.63, 3.8) is 0 Å². The Labute approximate surface area is 138 Å². The molecule has 0 fully saturated rings.